The number of ether oxygens (including phenoxy) is 2. The highest BCUT2D eigenvalue weighted by Crippen LogP contribution is 2.50. The molecule has 3 heterocycles. The Kier molecular flexibility index (Phi) is 9.54. The van der Waals surface area contributed by atoms with Crippen molar-refractivity contribution < 1.29 is 28.8 Å². The summed E-state index contributed by atoms with van der Waals surface area (Å²) < 4.78 is 11.5. The van der Waals surface area contributed by atoms with Gasteiger partial charge in [-0.2, -0.15) is 0 Å². The van der Waals surface area contributed by atoms with Gasteiger partial charge in [0.2, 0.25) is 0 Å². The molecule has 5 aromatic carbocycles. The van der Waals surface area contributed by atoms with Crippen LogP contribution in [-0.2, 0) is 16.2 Å². The molecule has 8 rings (SSSR count). The fraction of sp³-hybridized carbons (Fsp3) is 0.186. The Balaban J connectivity index is 1.16. The first-order valence-corrected chi connectivity index (χ1v) is 18.3. The quantitative estimate of drug-likeness (QED) is 0.0688. The second kappa shape index (κ2) is 14.8. The van der Waals surface area contributed by atoms with Crippen LogP contribution in [0.4, 0.5) is 21.9 Å². The first kappa shape index (κ1) is 35.6. The van der Waals surface area contributed by atoms with Crippen LogP contribution in [0.15, 0.2) is 115 Å². The van der Waals surface area contributed by atoms with Gasteiger partial charge in [-0.15, -0.1) is 0 Å². The summed E-state index contributed by atoms with van der Waals surface area (Å²) in [6.45, 7) is 1.82. The average Bonchev–Trinajstić information content (AvgIpc) is 3.20. The lowest BCUT2D eigenvalue weighted by Crippen LogP contribution is -2.54. The van der Waals surface area contributed by atoms with Crippen molar-refractivity contribution >= 4 is 52.6 Å². The summed E-state index contributed by atoms with van der Waals surface area (Å²) in [5.74, 6) is -1.10. The molecular weight excluding hydrogens is 720 g/mol. The topological polar surface area (TPSA) is 131 Å². The molecule has 0 bridgehead atoms. The van der Waals surface area contributed by atoms with E-state index in [1.54, 1.807) is 18.2 Å². The number of amides is 4. The van der Waals surface area contributed by atoms with E-state index in [0.29, 0.717) is 16.8 Å². The second-order valence-electron chi connectivity index (χ2n) is 13.7. The van der Waals surface area contributed by atoms with E-state index in [0.717, 1.165) is 58.8 Å². The number of nitrogens with one attached hydrogen (secondary N) is 1. The van der Waals surface area contributed by atoms with Gasteiger partial charge in [-0.3, -0.25) is 25.0 Å². The molecule has 0 saturated carbocycles. The molecule has 3 aliphatic rings. The number of nitro groups is 1. The Labute approximate surface area is 321 Å². The molecule has 5 aromatic rings. The zero-order valence-electron chi connectivity index (χ0n) is 29.7. The Hall–Kier alpha value is -6.46. The van der Waals surface area contributed by atoms with Crippen molar-refractivity contribution in [3.63, 3.8) is 0 Å². The first-order valence-electron chi connectivity index (χ1n) is 17.9. The van der Waals surface area contributed by atoms with Crippen LogP contribution >= 0.6 is 11.6 Å². The van der Waals surface area contributed by atoms with Crippen LogP contribution in [-0.4, -0.2) is 43.0 Å². The summed E-state index contributed by atoms with van der Waals surface area (Å²) in [6.07, 6.45) is 3.11. The maximum absolute atomic E-state index is 14.4. The Morgan fingerprint density at radius 3 is 2.02 bits per heavy atom. The zero-order chi connectivity index (χ0) is 38.2. The molecule has 0 spiro atoms. The van der Waals surface area contributed by atoms with Gasteiger partial charge in [-0.1, -0.05) is 72.3 Å². The molecule has 3 aliphatic heterocycles. The van der Waals surface area contributed by atoms with Crippen LogP contribution in [0.3, 0.4) is 0 Å². The normalized spacial score (nSPS) is 18.5. The fourth-order valence-corrected chi connectivity index (χ4v) is 8.13. The number of nitro benzene ring substituents is 1. The summed E-state index contributed by atoms with van der Waals surface area (Å²) in [4.78, 5) is 55.3. The van der Waals surface area contributed by atoms with Crippen LogP contribution in [0.25, 0.3) is 6.08 Å². The van der Waals surface area contributed by atoms with Gasteiger partial charge in [0.15, 0.2) is 11.5 Å². The van der Waals surface area contributed by atoms with Crippen molar-refractivity contribution in [2.45, 2.75) is 31.3 Å². The van der Waals surface area contributed by atoms with Crippen molar-refractivity contribution in [2.24, 2.45) is 0 Å². The number of rotatable bonds is 9. The van der Waals surface area contributed by atoms with Crippen LogP contribution in [0.2, 0.25) is 5.02 Å². The molecule has 4 amide bonds. The molecule has 0 radical (unpaired) electrons. The van der Waals surface area contributed by atoms with Crippen LogP contribution in [0, 0.1) is 10.1 Å². The predicted octanol–water partition coefficient (Wildman–Crippen LogP) is 8.38. The smallest absolute Gasteiger partial charge is 0.335 e. The number of carbonyl (C=O) groups is 3. The number of hydrogen-bond acceptors (Lipinski definition) is 8. The molecule has 1 fully saturated rings. The lowest BCUT2D eigenvalue weighted by atomic mass is 9.76. The van der Waals surface area contributed by atoms with Gasteiger partial charge in [0.05, 0.1) is 22.7 Å². The maximum atomic E-state index is 14.4. The molecule has 12 heteroatoms. The van der Waals surface area contributed by atoms with Crippen molar-refractivity contribution in [1.29, 1.82) is 0 Å². The van der Waals surface area contributed by atoms with E-state index in [-0.39, 0.29) is 46.2 Å². The number of carbonyl (C=O) groups excluding carboxylic acids is 3. The molecule has 1 saturated heterocycles. The summed E-state index contributed by atoms with van der Waals surface area (Å²) in [7, 11) is 1.43. The third kappa shape index (κ3) is 6.79. The summed E-state index contributed by atoms with van der Waals surface area (Å²) in [5, 5.41) is 13.5. The number of imide groups is 2. The lowest BCUT2D eigenvalue weighted by Gasteiger charge is -2.44. The van der Waals surface area contributed by atoms with Crippen LogP contribution < -0.4 is 24.6 Å². The van der Waals surface area contributed by atoms with E-state index in [1.165, 1.54) is 31.4 Å². The van der Waals surface area contributed by atoms with Gasteiger partial charge in [-0.05, 0) is 88.7 Å². The largest absolute Gasteiger partial charge is 0.493 e. The van der Waals surface area contributed by atoms with E-state index in [1.807, 2.05) is 48.5 Å². The fourth-order valence-electron chi connectivity index (χ4n) is 7.86. The monoisotopic (exact) mass is 754 g/mol. The van der Waals surface area contributed by atoms with Gasteiger partial charge in [0, 0.05) is 42.7 Å². The van der Waals surface area contributed by atoms with E-state index in [4.69, 9.17) is 21.1 Å². The molecule has 0 unspecified atom stereocenters. The standard InChI is InChI=1S/C43H35ClN4O7/c1-54-38-22-27(21-37(44)40(38)55-25-26-12-14-30(15-13-26)48(52)53)20-36-41(49)45-43(51)47(42(36)50)31-23-34-32(28-8-4-2-5-9-28)16-18-46-19-17-33(35(24-31)39(34)46)29-10-6-3-7-11-29/h2-15,20-24,32-33H,16-19,25H2,1H3,(H,45,49,51)/b36-20+/t32-,33-/m0/s1. The van der Waals surface area contributed by atoms with Crippen molar-refractivity contribution in [1.82, 2.24) is 5.32 Å². The van der Waals surface area contributed by atoms with Crippen molar-refractivity contribution in [2.75, 3.05) is 30.0 Å². The number of nitrogens with zero attached hydrogens (tertiary/aromatic N) is 3. The minimum Gasteiger partial charge on any atom is -0.493 e. The maximum Gasteiger partial charge on any atom is 0.335 e. The number of anilines is 2. The molecule has 2 atom stereocenters. The van der Waals surface area contributed by atoms with Crippen LogP contribution in [0.5, 0.6) is 11.5 Å². The molecule has 11 nitrogen and oxygen atoms in total. The number of hydrogen-bond donors (Lipinski definition) is 1. The predicted molar refractivity (Wildman–Crippen MR) is 209 cm³/mol. The minimum atomic E-state index is -0.838. The van der Waals surface area contributed by atoms with E-state index >= 15 is 0 Å². The zero-order valence-corrected chi connectivity index (χ0v) is 30.5. The number of halogens is 1. The highest BCUT2D eigenvalue weighted by atomic mass is 35.5. The molecule has 1 N–H and O–H groups in total. The number of methoxy groups -OCH3 is 1. The molecule has 276 valence electrons. The van der Waals surface area contributed by atoms with Gasteiger partial charge >= 0.3 is 6.03 Å². The Bertz CT molecular complexity index is 2290. The lowest BCUT2D eigenvalue weighted by molar-refractivity contribution is -0.384. The number of non-ortho nitro benzene ring substituents is 1. The molecule has 55 heavy (non-hydrogen) atoms. The summed E-state index contributed by atoms with van der Waals surface area (Å²) in [5.41, 5.74) is 6.62. The van der Waals surface area contributed by atoms with E-state index in [9.17, 15) is 24.5 Å². The summed E-state index contributed by atoms with van der Waals surface area (Å²) in [6, 6.07) is 32.5. The minimum absolute atomic E-state index is 0.0380. The van der Waals surface area contributed by atoms with Gasteiger partial charge in [0.25, 0.3) is 17.5 Å². The molecule has 0 aromatic heterocycles. The molecule has 0 aliphatic carbocycles. The molecular formula is C43H35ClN4O7. The third-order valence-electron chi connectivity index (χ3n) is 10.5. The Morgan fingerprint density at radius 2 is 1.45 bits per heavy atom. The van der Waals surface area contributed by atoms with E-state index < -0.39 is 22.8 Å². The Morgan fingerprint density at radius 1 is 0.855 bits per heavy atom. The third-order valence-corrected chi connectivity index (χ3v) is 10.7. The van der Waals surface area contributed by atoms with Gasteiger partial charge in [-0.25, -0.2) is 9.69 Å². The van der Waals surface area contributed by atoms with Crippen molar-refractivity contribution in [3.05, 3.63) is 163 Å². The highest BCUT2D eigenvalue weighted by molar-refractivity contribution is 6.39. The van der Waals surface area contributed by atoms with Gasteiger partial charge in [0.1, 0.15) is 12.2 Å². The summed E-state index contributed by atoms with van der Waals surface area (Å²) >= 11 is 6.65. The number of urea groups is 1. The van der Waals surface area contributed by atoms with Crippen LogP contribution in [0.1, 0.15) is 58.1 Å². The number of barbiturate groups is 1. The average molecular weight is 755 g/mol. The SMILES string of the molecule is COc1cc(/C=C2\C(=O)NC(=O)N(c3cc4c5c(c3)[C@H](c3ccccc3)CCN5CC[C@H]4c3ccccc3)C2=O)cc(Cl)c1OCc1ccc([N+](=O)[O-])cc1. The second-order valence-corrected chi connectivity index (χ2v) is 14.1. The first-order chi connectivity index (χ1) is 26.7. The number of benzene rings is 5. The highest BCUT2D eigenvalue weighted by Gasteiger charge is 2.40. The van der Waals surface area contributed by atoms with Crippen molar-refractivity contribution in [3.8, 4) is 11.5 Å². The van der Waals surface area contributed by atoms with Gasteiger partial charge < -0.3 is 14.4 Å². The van der Waals surface area contributed by atoms with E-state index in [2.05, 4.69) is 34.5 Å².